The molecule has 2 amide bonds. The summed E-state index contributed by atoms with van der Waals surface area (Å²) in [5.74, 6) is 0. The molecule has 0 aliphatic heterocycles. The zero-order chi connectivity index (χ0) is 34.7. The van der Waals surface area contributed by atoms with Crippen LogP contribution >= 0.6 is 24.4 Å². The van der Waals surface area contributed by atoms with Crippen molar-refractivity contribution in [1.82, 2.24) is 31.1 Å². The number of benzene rings is 2. The molecule has 0 radical (unpaired) electrons. The van der Waals surface area contributed by atoms with Crippen molar-refractivity contribution in [2.75, 3.05) is 39.3 Å². The average Bonchev–Trinajstić information content (AvgIpc) is 3.00. The Hall–Kier alpha value is -3.64. The van der Waals surface area contributed by atoms with Crippen LogP contribution in [0, 0.1) is 0 Å². The van der Waals surface area contributed by atoms with E-state index in [0.717, 1.165) is 11.1 Å². The number of carbonyl (C=O) groups is 2. The van der Waals surface area contributed by atoms with Crippen molar-refractivity contribution in [3.8, 4) is 0 Å². The van der Waals surface area contributed by atoms with Gasteiger partial charge in [-0.2, -0.15) is 0 Å². The molecule has 0 bridgehead atoms. The third-order valence-electron chi connectivity index (χ3n) is 6.53. The lowest BCUT2D eigenvalue weighted by Gasteiger charge is -2.30. The van der Waals surface area contributed by atoms with Gasteiger partial charge in [-0.05, 0) is 96.4 Å². The minimum atomic E-state index is -0.622. The molecular weight excluding hydrogens is 633 g/mol. The summed E-state index contributed by atoms with van der Waals surface area (Å²) in [5.41, 5.74) is 1.04. The molecule has 12 heteroatoms. The second-order valence-electron chi connectivity index (χ2n) is 13.2. The Morgan fingerprint density at radius 2 is 0.915 bits per heavy atom. The van der Waals surface area contributed by atoms with E-state index in [1.807, 2.05) is 102 Å². The predicted octanol–water partition coefficient (Wildman–Crippen LogP) is 5.96. The van der Waals surface area contributed by atoms with E-state index < -0.39 is 11.2 Å². The van der Waals surface area contributed by atoms with Gasteiger partial charge in [0, 0.05) is 52.4 Å². The average molecular weight is 687 g/mol. The highest BCUT2D eigenvalue weighted by atomic mass is 32.1. The Bertz CT molecular complexity index is 1140. The van der Waals surface area contributed by atoms with Crippen LogP contribution in [0.5, 0.6) is 0 Å². The van der Waals surface area contributed by atoms with E-state index >= 15 is 0 Å². The van der Waals surface area contributed by atoms with Gasteiger partial charge in [0.2, 0.25) is 0 Å². The number of rotatable bonds is 16. The van der Waals surface area contributed by atoms with Gasteiger partial charge in [0.15, 0.2) is 10.2 Å². The molecule has 0 aliphatic carbocycles. The fourth-order valence-electron chi connectivity index (χ4n) is 4.32. The quantitative estimate of drug-likeness (QED) is 0.125. The number of nitrogens with one attached hydrogen (secondary N) is 4. The molecule has 2 aromatic carbocycles. The first-order valence-electron chi connectivity index (χ1n) is 16.3. The van der Waals surface area contributed by atoms with Crippen molar-refractivity contribution in [2.45, 2.75) is 85.1 Å². The SMILES string of the molecule is CC(C)(C)OC(=O)N(CCCNC(=S)NCc1ccccc1)CCCN(CCCNC(=S)NCc1ccccc1)C(=O)OC(C)(C)C. The van der Waals surface area contributed by atoms with E-state index in [4.69, 9.17) is 33.9 Å². The summed E-state index contributed by atoms with van der Waals surface area (Å²) < 4.78 is 11.4. The van der Waals surface area contributed by atoms with E-state index in [2.05, 4.69) is 21.3 Å². The fraction of sp³-hybridized carbons (Fsp3) is 0.543. The normalized spacial score (nSPS) is 11.2. The van der Waals surface area contributed by atoms with Crippen molar-refractivity contribution < 1.29 is 19.1 Å². The standard InChI is InChI=1S/C35H54N6O4S2/c1-34(2,3)44-32(42)40(22-13-20-36-30(46)38-26-28-16-9-7-10-17-28)24-15-25-41(33(43)45-35(4,5)6)23-14-21-37-31(47)39-27-29-18-11-8-12-19-29/h7-12,16-19H,13-15,20-27H2,1-6H3,(H2,36,38,46)(H2,37,39,47). The molecule has 0 spiro atoms. The summed E-state index contributed by atoms with van der Waals surface area (Å²) in [6, 6.07) is 20.1. The number of amides is 2. The fourth-order valence-corrected chi connectivity index (χ4v) is 4.67. The minimum absolute atomic E-state index is 0.383. The largest absolute Gasteiger partial charge is 0.444 e. The Morgan fingerprint density at radius 3 is 1.26 bits per heavy atom. The molecule has 0 heterocycles. The summed E-state index contributed by atoms with van der Waals surface area (Å²) in [7, 11) is 0. The smallest absolute Gasteiger partial charge is 0.410 e. The lowest BCUT2D eigenvalue weighted by Crippen LogP contribution is -2.43. The van der Waals surface area contributed by atoms with Gasteiger partial charge in [-0.1, -0.05) is 60.7 Å². The summed E-state index contributed by atoms with van der Waals surface area (Å²) in [6.07, 6.45) is 1.14. The number of hydrogen-bond acceptors (Lipinski definition) is 6. The van der Waals surface area contributed by atoms with E-state index in [-0.39, 0.29) is 12.2 Å². The van der Waals surface area contributed by atoms with Crippen LogP contribution in [0.4, 0.5) is 9.59 Å². The van der Waals surface area contributed by atoms with Crippen LogP contribution in [0.1, 0.15) is 71.9 Å². The van der Waals surface area contributed by atoms with Gasteiger partial charge in [0.1, 0.15) is 11.2 Å². The predicted molar refractivity (Wildman–Crippen MR) is 197 cm³/mol. The molecule has 0 unspecified atom stereocenters. The zero-order valence-electron chi connectivity index (χ0n) is 28.9. The highest BCUT2D eigenvalue weighted by Gasteiger charge is 2.24. The van der Waals surface area contributed by atoms with Crippen LogP contribution in [0.3, 0.4) is 0 Å². The summed E-state index contributed by atoms with van der Waals surface area (Å²) in [4.78, 5) is 29.5. The zero-order valence-corrected chi connectivity index (χ0v) is 30.5. The minimum Gasteiger partial charge on any atom is -0.444 e. The van der Waals surface area contributed by atoms with Crippen molar-refractivity contribution in [3.05, 3.63) is 71.8 Å². The summed E-state index contributed by atoms with van der Waals surface area (Å²) >= 11 is 10.8. The van der Waals surface area contributed by atoms with Crippen LogP contribution in [-0.2, 0) is 22.6 Å². The number of ether oxygens (including phenoxy) is 2. The first-order valence-corrected chi connectivity index (χ1v) is 17.1. The molecule has 0 aromatic heterocycles. The summed E-state index contributed by atoms with van der Waals surface area (Å²) in [5, 5.41) is 14.0. The van der Waals surface area contributed by atoms with Gasteiger partial charge in [-0.15, -0.1) is 0 Å². The van der Waals surface area contributed by atoms with Crippen LogP contribution in [0.25, 0.3) is 0 Å². The Kier molecular flexibility index (Phi) is 17.3. The Balaban J connectivity index is 1.85. The lowest BCUT2D eigenvalue weighted by molar-refractivity contribution is 0.0203. The summed E-state index contributed by atoms with van der Waals surface area (Å²) in [6.45, 7) is 15.4. The van der Waals surface area contributed by atoms with Crippen molar-refractivity contribution in [2.24, 2.45) is 0 Å². The highest BCUT2D eigenvalue weighted by Crippen LogP contribution is 2.13. The van der Waals surface area contributed by atoms with E-state index in [0.29, 0.717) is 81.8 Å². The van der Waals surface area contributed by atoms with Crippen molar-refractivity contribution in [1.29, 1.82) is 0 Å². The van der Waals surface area contributed by atoms with Crippen LogP contribution < -0.4 is 21.3 Å². The number of carbonyl (C=O) groups excluding carboxylic acids is 2. The molecule has 4 N–H and O–H groups in total. The molecule has 0 fully saturated rings. The first kappa shape index (κ1) is 39.5. The molecule has 0 aliphatic rings. The van der Waals surface area contributed by atoms with Crippen molar-refractivity contribution >= 4 is 46.8 Å². The second-order valence-corrected chi connectivity index (χ2v) is 14.0. The number of thiocarbonyl (C=S) groups is 2. The highest BCUT2D eigenvalue weighted by molar-refractivity contribution is 7.80. The molecule has 2 rings (SSSR count). The maximum absolute atomic E-state index is 13.1. The molecular formula is C35H54N6O4S2. The van der Waals surface area contributed by atoms with Gasteiger partial charge in [-0.25, -0.2) is 9.59 Å². The van der Waals surface area contributed by atoms with Crippen LogP contribution in [0.15, 0.2) is 60.7 Å². The molecule has 0 saturated heterocycles. The van der Waals surface area contributed by atoms with E-state index in [9.17, 15) is 9.59 Å². The molecule has 2 aromatic rings. The van der Waals surface area contributed by atoms with Gasteiger partial charge in [0.25, 0.3) is 0 Å². The third-order valence-corrected chi connectivity index (χ3v) is 7.11. The van der Waals surface area contributed by atoms with Gasteiger partial charge in [0.05, 0.1) is 0 Å². The van der Waals surface area contributed by atoms with E-state index in [1.165, 1.54) is 0 Å². The topological polar surface area (TPSA) is 107 Å². The molecule has 260 valence electrons. The monoisotopic (exact) mass is 686 g/mol. The van der Waals surface area contributed by atoms with Crippen LogP contribution in [0.2, 0.25) is 0 Å². The molecule has 47 heavy (non-hydrogen) atoms. The maximum atomic E-state index is 13.1. The number of hydrogen-bond donors (Lipinski definition) is 4. The van der Waals surface area contributed by atoms with Gasteiger partial charge < -0.3 is 40.5 Å². The first-order chi connectivity index (χ1) is 22.2. The molecule has 0 atom stereocenters. The van der Waals surface area contributed by atoms with Gasteiger partial charge >= 0.3 is 12.2 Å². The maximum Gasteiger partial charge on any atom is 0.410 e. The second kappa shape index (κ2) is 20.6. The Labute approximate surface area is 292 Å². The van der Waals surface area contributed by atoms with Gasteiger partial charge in [-0.3, -0.25) is 0 Å². The third kappa shape index (κ3) is 18.9. The number of nitrogens with zero attached hydrogens (tertiary/aromatic N) is 2. The van der Waals surface area contributed by atoms with Crippen molar-refractivity contribution in [3.63, 3.8) is 0 Å². The van der Waals surface area contributed by atoms with E-state index in [1.54, 1.807) is 9.80 Å². The molecule has 0 saturated carbocycles. The Morgan fingerprint density at radius 1 is 0.574 bits per heavy atom. The molecule has 10 nitrogen and oxygen atoms in total. The lowest BCUT2D eigenvalue weighted by atomic mass is 10.2. The van der Waals surface area contributed by atoms with Crippen LogP contribution in [-0.4, -0.2) is 82.7 Å².